The largest absolute Gasteiger partial charge is 0.301 e. The lowest BCUT2D eigenvalue weighted by Crippen LogP contribution is -2.31. The van der Waals surface area contributed by atoms with Crippen molar-refractivity contribution in [3.63, 3.8) is 0 Å². The van der Waals surface area contributed by atoms with Crippen LogP contribution in [0.4, 0.5) is 4.39 Å². The Morgan fingerprint density at radius 3 is 2.33 bits per heavy atom. The fourth-order valence-corrected chi connectivity index (χ4v) is 3.71. The normalized spacial score (nSPS) is 17.5. The molecule has 3 rings (SSSR count). The van der Waals surface area contributed by atoms with Crippen molar-refractivity contribution in [3.8, 4) is 0 Å². The molecule has 1 aliphatic rings. The molecule has 2 aromatic rings. The van der Waals surface area contributed by atoms with Gasteiger partial charge in [-0.3, -0.25) is 0 Å². The van der Waals surface area contributed by atoms with E-state index in [-0.39, 0.29) is 22.3 Å². The van der Waals surface area contributed by atoms with Crippen molar-refractivity contribution in [3.05, 3.63) is 65.5 Å². The van der Waals surface area contributed by atoms with E-state index < -0.39 is 10.0 Å². The summed E-state index contributed by atoms with van der Waals surface area (Å²) < 4.78 is 39.3. The summed E-state index contributed by atoms with van der Waals surface area (Å²) in [4.78, 5) is 0.243. The topological polar surface area (TPSA) is 58.2 Å². The fraction of sp³-hybridized carbons (Fsp3) is 0.333. The second-order valence-corrected chi connectivity index (χ2v) is 8.12. The summed E-state index contributed by atoms with van der Waals surface area (Å²) in [6, 6.07) is 13.5. The monoisotopic (exact) mass is 348 g/mol. The van der Waals surface area contributed by atoms with Crippen LogP contribution in [-0.4, -0.2) is 15.5 Å². The van der Waals surface area contributed by atoms with Crippen molar-refractivity contribution in [1.82, 2.24) is 10.0 Å². The molecular formula is C18H21FN2O2S. The first-order valence-corrected chi connectivity index (χ1v) is 9.42. The van der Waals surface area contributed by atoms with Crippen molar-refractivity contribution >= 4 is 10.0 Å². The third-order valence-corrected chi connectivity index (χ3v) is 6.01. The first kappa shape index (κ1) is 17.1. The molecule has 0 bridgehead atoms. The van der Waals surface area contributed by atoms with Crippen molar-refractivity contribution in [2.45, 2.75) is 36.2 Å². The van der Waals surface area contributed by atoms with Crippen LogP contribution in [0.25, 0.3) is 0 Å². The molecule has 128 valence electrons. The van der Waals surface area contributed by atoms with E-state index in [1.54, 1.807) is 24.3 Å². The Hall–Kier alpha value is -1.76. The predicted molar refractivity (Wildman–Crippen MR) is 91.6 cm³/mol. The Bertz CT molecular complexity index is 830. The van der Waals surface area contributed by atoms with Gasteiger partial charge in [0.05, 0.1) is 4.90 Å². The summed E-state index contributed by atoms with van der Waals surface area (Å²) in [7, 11) is -2.03. The highest BCUT2D eigenvalue weighted by molar-refractivity contribution is 7.89. The summed E-state index contributed by atoms with van der Waals surface area (Å²) in [6.07, 6.45) is 1.93. The maximum Gasteiger partial charge on any atom is 0.240 e. The molecule has 0 aromatic heterocycles. The Labute approximate surface area is 142 Å². The number of nitrogens with one attached hydrogen (secondary N) is 2. The van der Waals surface area contributed by atoms with Crippen LogP contribution >= 0.6 is 0 Å². The molecule has 0 aliphatic heterocycles. The average molecular weight is 348 g/mol. The average Bonchev–Trinajstić information content (AvgIpc) is 3.36. The van der Waals surface area contributed by atoms with Crippen LogP contribution in [0.5, 0.6) is 0 Å². The number of halogens is 1. The van der Waals surface area contributed by atoms with Gasteiger partial charge in [0, 0.05) is 11.6 Å². The molecule has 2 aromatic carbocycles. The summed E-state index contributed by atoms with van der Waals surface area (Å²) in [5.74, 6) is -0.227. The summed E-state index contributed by atoms with van der Waals surface area (Å²) in [6.45, 7) is 2.03. The molecule has 0 heterocycles. The van der Waals surface area contributed by atoms with E-state index in [4.69, 9.17) is 0 Å². The zero-order chi connectivity index (χ0) is 17.4. The molecule has 6 heteroatoms. The zero-order valence-electron chi connectivity index (χ0n) is 13.7. The maximum absolute atomic E-state index is 13.5. The number of hydrogen-bond acceptors (Lipinski definition) is 3. The number of sulfonamides is 1. The third kappa shape index (κ3) is 3.36. The van der Waals surface area contributed by atoms with Gasteiger partial charge in [0.15, 0.2) is 0 Å². The van der Waals surface area contributed by atoms with Crippen LogP contribution in [0, 0.1) is 5.82 Å². The van der Waals surface area contributed by atoms with E-state index in [9.17, 15) is 12.8 Å². The van der Waals surface area contributed by atoms with Gasteiger partial charge in [-0.15, -0.1) is 0 Å². The van der Waals surface area contributed by atoms with E-state index in [2.05, 4.69) is 10.0 Å². The number of hydrogen-bond donors (Lipinski definition) is 2. The van der Waals surface area contributed by atoms with E-state index in [0.29, 0.717) is 0 Å². The molecule has 4 nitrogen and oxygen atoms in total. The molecule has 0 saturated heterocycles. The van der Waals surface area contributed by atoms with Gasteiger partial charge in [0.1, 0.15) is 5.82 Å². The van der Waals surface area contributed by atoms with Crippen molar-refractivity contribution < 1.29 is 12.8 Å². The van der Waals surface area contributed by atoms with Gasteiger partial charge in [0.2, 0.25) is 10.0 Å². The lowest BCUT2D eigenvalue weighted by molar-refractivity contribution is 0.448. The first-order chi connectivity index (χ1) is 11.4. The van der Waals surface area contributed by atoms with Gasteiger partial charge in [0.25, 0.3) is 0 Å². The Morgan fingerprint density at radius 1 is 1.12 bits per heavy atom. The molecule has 0 amide bonds. The highest BCUT2D eigenvalue weighted by atomic mass is 32.2. The van der Waals surface area contributed by atoms with E-state index >= 15 is 0 Å². The van der Waals surface area contributed by atoms with E-state index in [0.717, 1.165) is 24.0 Å². The molecule has 0 unspecified atom stereocenters. The molecule has 1 aliphatic carbocycles. The lowest BCUT2D eigenvalue weighted by Gasteiger charge is -2.24. The summed E-state index contributed by atoms with van der Waals surface area (Å²) in [5.41, 5.74) is 1.77. The van der Waals surface area contributed by atoms with Crippen molar-refractivity contribution in [2.24, 2.45) is 0 Å². The second-order valence-electron chi connectivity index (χ2n) is 6.24. The van der Waals surface area contributed by atoms with Crippen LogP contribution < -0.4 is 10.0 Å². The second kappa shape index (κ2) is 6.27. The number of rotatable bonds is 6. The third-order valence-electron chi connectivity index (χ3n) is 4.58. The summed E-state index contributed by atoms with van der Waals surface area (Å²) >= 11 is 0. The highest BCUT2D eigenvalue weighted by Crippen LogP contribution is 2.47. The molecule has 1 saturated carbocycles. The highest BCUT2D eigenvalue weighted by Gasteiger charge is 2.45. The minimum Gasteiger partial charge on any atom is -0.301 e. The molecule has 24 heavy (non-hydrogen) atoms. The van der Waals surface area contributed by atoms with Gasteiger partial charge < -0.3 is 5.32 Å². The Balaban J connectivity index is 1.77. The summed E-state index contributed by atoms with van der Waals surface area (Å²) in [5, 5.41) is 3.57. The minimum atomic E-state index is -3.42. The van der Waals surface area contributed by atoms with Crippen LogP contribution in [0.1, 0.15) is 36.9 Å². The van der Waals surface area contributed by atoms with Crippen LogP contribution in [-0.2, 0) is 15.6 Å². The van der Waals surface area contributed by atoms with Gasteiger partial charge in [-0.05, 0) is 62.2 Å². The maximum atomic E-state index is 13.5. The Morgan fingerprint density at radius 2 is 1.79 bits per heavy atom. The van der Waals surface area contributed by atoms with Crippen LogP contribution in [0.2, 0.25) is 0 Å². The van der Waals surface area contributed by atoms with E-state index in [1.165, 1.54) is 13.1 Å². The number of benzene rings is 2. The quantitative estimate of drug-likeness (QED) is 0.843. The molecule has 0 radical (unpaired) electrons. The fourth-order valence-electron chi connectivity index (χ4n) is 2.98. The molecular weight excluding hydrogens is 327 g/mol. The minimum absolute atomic E-state index is 0.0297. The Kier molecular flexibility index (Phi) is 4.46. The first-order valence-electron chi connectivity index (χ1n) is 7.94. The smallest absolute Gasteiger partial charge is 0.240 e. The van der Waals surface area contributed by atoms with Crippen LogP contribution in [0.15, 0.2) is 53.4 Å². The standard InChI is InChI=1S/C18H21FN2O2S/c1-13(14-6-8-17(9-7-14)24(22,23)20-2)21-18(10-11-18)15-4-3-5-16(19)12-15/h3-9,12-13,20-21H,10-11H2,1-2H3/t13-/m0/s1. The molecule has 1 atom stereocenters. The molecule has 1 fully saturated rings. The van der Waals surface area contributed by atoms with Crippen molar-refractivity contribution in [1.29, 1.82) is 0 Å². The molecule has 0 spiro atoms. The SMILES string of the molecule is CNS(=O)(=O)c1ccc([C@H](C)NC2(c3cccc(F)c3)CC2)cc1. The van der Waals surface area contributed by atoms with Gasteiger partial charge in [-0.1, -0.05) is 24.3 Å². The van der Waals surface area contributed by atoms with E-state index in [1.807, 2.05) is 25.1 Å². The van der Waals surface area contributed by atoms with Crippen molar-refractivity contribution in [2.75, 3.05) is 7.05 Å². The van der Waals surface area contributed by atoms with Gasteiger partial charge in [-0.25, -0.2) is 17.5 Å². The van der Waals surface area contributed by atoms with Gasteiger partial charge >= 0.3 is 0 Å². The van der Waals surface area contributed by atoms with Crippen LogP contribution in [0.3, 0.4) is 0 Å². The lowest BCUT2D eigenvalue weighted by atomic mass is 10.0. The van der Waals surface area contributed by atoms with Gasteiger partial charge in [-0.2, -0.15) is 0 Å². The predicted octanol–water partition coefficient (Wildman–Crippen LogP) is 3.07. The zero-order valence-corrected chi connectivity index (χ0v) is 14.5. The molecule has 2 N–H and O–H groups in total.